The van der Waals surface area contributed by atoms with Gasteiger partial charge in [-0.15, -0.1) is 0 Å². The summed E-state index contributed by atoms with van der Waals surface area (Å²) >= 11 is 0. The smallest absolute Gasteiger partial charge is 0.0700 e. The molecule has 0 saturated heterocycles. The molecule has 20 heavy (non-hydrogen) atoms. The van der Waals surface area contributed by atoms with Crippen molar-refractivity contribution in [2.24, 2.45) is 23.7 Å². The quantitative estimate of drug-likeness (QED) is 0.659. The van der Waals surface area contributed by atoms with Gasteiger partial charge in [0.15, 0.2) is 0 Å². The SMILES string of the molecule is COCCOCCCCNC1CC2CC1C1CCCC21. The zero-order valence-corrected chi connectivity index (χ0v) is 13.0. The molecular weight excluding hydrogens is 250 g/mol. The lowest BCUT2D eigenvalue weighted by Gasteiger charge is -2.32. The van der Waals surface area contributed by atoms with Crippen LogP contribution in [0.2, 0.25) is 0 Å². The van der Waals surface area contributed by atoms with Gasteiger partial charge in [-0.25, -0.2) is 0 Å². The van der Waals surface area contributed by atoms with Crippen LogP contribution in [-0.2, 0) is 9.47 Å². The minimum absolute atomic E-state index is 0.714. The first kappa shape index (κ1) is 14.8. The number of methoxy groups -OCH3 is 1. The van der Waals surface area contributed by atoms with Gasteiger partial charge in [0.05, 0.1) is 13.2 Å². The predicted molar refractivity (Wildman–Crippen MR) is 80.8 cm³/mol. The summed E-state index contributed by atoms with van der Waals surface area (Å²) in [5, 5.41) is 3.85. The van der Waals surface area contributed by atoms with E-state index in [1.165, 1.54) is 51.5 Å². The van der Waals surface area contributed by atoms with Crippen molar-refractivity contribution >= 4 is 0 Å². The van der Waals surface area contributed by atoms with Crippen LogP contribution in [0.15, 0.2) is 0 Å². The van der Waals surface area contributed by atoms with Gasteiger partial charge in [0.2, 0.25) is 0 Å². The first-order chi connectivity index (χ1) is 9.90. The van der Waals surface area contributed by atoms with E-state index in [0.717, 1.165) is 42.9 Å². The highest BCUT2D eigenvalue weighted by atomic mass is 16.5. The number of nitrogens with one attached hydrogen (secondary N) is 1. The van der Waals surface area contributed by atoms with E-state index in [1.54, 1.807) is 7.11 Å². The van der Waals surface area contributed by atoms with Crippen molar-refractivity contribution in [1.29, 1.82) is 0 Å². The summed E-state index contributed by atoms with van der Waals surface area (Å²) in [5.74, 6) is 4.30. The van der Waals surface area contributed by atoms with Crippen molar-refractivity contribution in [2.45, 2.75) is 51.0 Å². The molecule has 0 radical (unpaired) electrons. The molecule has 3 heteroatoms. The Bertz CT molecular complexity index is 297. The number of ether oxygens (including phenoxy) is 2. The standard InChI is InChI=1S/C17H31NO2/c1-19-9-10-20-8-3-2-7-18-17-12-13-11-16(17)15-6-4-5-14(13)15/h13-18H,2-12H2,1H3. The number of fused-ring (bicyclic) bond motifs is 5. The summed E-state index contributed by atoms with van der Waals surface area (Å²) in [5.41, 5.74) is 0. The Morgan fingerprint density at radius 3 is 2.75 bits per heavy atom. The zero-order valence-electron chi connectivity index (χ0n) is 13.0. The van der Waals surface area contributed by atoms with Gasteiger partial charge in [-0.3, -0.25) is 0 Å². The second-order valence-electron chi connectivity index (χ2n) is 7.03. The lowest BCUT2D eigenvalue weighted by molar-refractivity contribution is 0.0686. The van der Waals surface area contributed by atoms with E-state index in [2.05, 4.69) is 5.32 Å². The van der Waals surface area contributed by atoms with Crippen LogP contribution in [-0.4, -0.2) is 39.5 Å². The fraction of sp³-hybridized carbons (Fsp3) is 1.00. The van der Waals surface area contributed by atoms with Gasteiger partial charge in [0.25, 0.3) is 0 Å². The van der Waals surface area contributed by atoms with Crippen molar-refractivity contribution in [2.75, 3.05) is 33.5 Å². The van der Waals surface area contributed by atoms with Crippen LogP contribution in [0.1, 0.15) is 44.9 Å². The predicted octanol–water partition coefficient (Wildman–Crippen LogP) is 2.84. The minimum Gasteiger partial charge on any atom is -0.382 e. The average Bonchev–Trinajstić information content (AvgIpc) is 3.13. The molecule has 0 amide bonds. The maximum absolute atomic E-state index is 5.50. The first-order valence-electron chi connectivity index (χ1n) is 8.70. The van der Waals surface area contributed by atoms with E-state index in [-0.39, 0.29) is 0 Å². The number of hydrogen-bond donors (Lipinski definition) is 1. The van der Waals surface area contributed by atoms with E-state index in [1.807, 2.05) is 0 Å². The third-order valence-electron chi connectivity index (χ3n) is 5.98. The lowest BCUT2D eigenvalue weighted by atomic mass is 9.79. The normalized spacial score (nSPS) is 38.5. The molecular formula is C17H31NO2. The second-order valence-corrected chi connectivity index (χ2v) is 7.03. The Balaban J connectivity index is 1.25. The van der Waals surface area contributed by atoms with E-state index < -0.39 is 0 Å². The maximum atomic E-state index is 5.50. The maximum Gasteiger partial charge on any atom is 0.0700 e. The van der Waals surface area contributed by atoms with Gasteiger partial charge < -0.3 is 14.8 Å². The molecule has 3 aliphatic carbocycles. The van der Waals surface area contributed by atoms with Crippen LogP contribution in [0.25, 0.3) is 0 Å². The summed E-state index contributed by atoms with van der Waals surface area (Å²) in [6, 6.07) is 0.841. The fourth-order valence-corrected chi connectivity index (χ4v) is 5.16. The minimum atomic E-state index is 0.714. The van der Waals surface area contributed by atoms with Crippen molar-refractivity contribution in [1.82, 2.24) is 5.32 Å². The molecule has 3 fully saturated rings. The molecule has 5 unspecified atom stereocenters. The first-order valence-corrected chi connectivity index (χ1v) is 8.70. The highest BCUT2D eigenvalue weighted by Gasteiger charge is 2.53. The summed E-state index contributed by atoms with van der Waals surface area (Å²) < 4.78 is 10.5. The molecule has 0 spiro atoms. The van der Waals surface area contributed by atoms with Gasteiger partial charge >= 0.3 is 0 Å². The highest BCUT2D eigenvalue weighted by molar-refractivity contribution is 5.05. The summed E-state index contributed by atoms with van der Waals surface area (Å²) in [6.07, 6.45) is 9.99. The van der Waals surface area contributed by atoms with Crippen LogP contribution in [0.3, 0.4) is 0 Å². The molecule has 0 aromatic carbocycles. The van der Waals surface area contributed by atoms with Crippen LogP contribution in [0, 0.1) is 23.7 Å². The van der Waals surface area contributed by atoms with Crippen molar-refractivity contribution < 1.29 is 9.47 Å². The molecule has 0 aromatic heterocycles. The summed E-state index contributed by atoms with van der Waals surface area (Å²) in [4.78, 5) is 0. The van der Waals surface area contributed by atoms with E-state index in [9.17, 15) is 0 Å². The number of hydrogen-bond acceptors (Lipinski definition) is 3. The Morgan fingerprint density at radius 2 is 1.85 bits per heavy atom. The second kappa shape index (κ2) is 7.24. The summed E-state index contributed by atoms with van der Waals surface area (Å²) in [6.45, 7) is 3.51. The van der Waals surface area contributed by atoms with Crippen molar-refractivity contribution in [3.8, 4) is 0 Å². The third-order valence-corrected chi connectivity index (χ3v) is 5.98. The third kappa shape index (κ3) is 3.20. The topological polar surface area (TPSA) is 30.5 Å². The van der Waals surface area contributed by atoms with Gasteiger partial charge in [0.1, 0.15) is 0 Å². The van der Waals surface area contributed by atoms with Crippen LogP contribution in [0.5, 0.6) is 0 Å². The molecule has 3 nitrogen and oxygen atoms in total. The molecule has 0 aliphatic heterocycles. The van der Waals surface area contributed by atoms with Crippen molar-refractivity contribution in [3.63, 3.8) is 0 Å². The van der Waals surface area contributed by atoms with E-state index >= 15 is 0 Å². The Labute approximate surface area is 123 Å². The Hall–Kier alpha value is -0.120. The monoisotopic (exact) mass is 281 g/mol. The molecule has 3 saturated carbocycles. The van der Waals surface area contributed by atoms with Crippen LogP contribution >= 0.6 is 0 Å². The Morgan fingerprint density at radius 1 is 0.950 bits per heavy atom. The lowest BCUT2D eigenvalue weighted by Crippen LogP contribution is -2.39. The van der Waals surface area contributed by atoms with Crippen molar-refractivity contribution in [3.05, 3.63) is 0 Å². The molecule has 3 rings (SSSR count). The largest absolute Gasteiger partial charge is 0.382 e. The Kier molecular flexibility index (Phi) is 5.36. The molecule has 1 N–H and O–H groups in total. The van der Waals surface area contributed by atoms with Gasteiger partial charge in [-0.2, -0.15) is 0 Å². The van der Waals surface area contributed by atoms with Gasteiger partial charge in [-0.1, -0.05) is 6.42 Å². The molecule has 0 aromatic rings. The molecule has 3 aliphatic rings. The highest BCUT2D eigenvalue weighted by Crippen LogP contribution is 2.58. The van der Waals surface area contributed by atoms with E-state index in [4.69, 9.17) is 9.47 Å². The van der Waals surface area contributed by atoms with Crippen LogP contribution in [0.4, 0.5) is 0 Å². The van der Waals surface area contributed by atoms with Crippen LogP contribution < -0.4 is 5.32 Å². The van der Waals surface area contributed by atoms with Gasteiger partial charge in [-0.05, 0) is 68.7 Å². The summed E-state index contributed by atoms with van der Waals surface area (Å²) in [7, 11) is 1.72. The molecule has 5 atom stereocenters. The fourth-order valence-electron chi connectivity index (χ4n) is 5.16. The number of unbranched alkanes of at least 4 members (excludes halogenated alkanes) is 1. The molecule has 2 bridgehead atoms. The average molecular weight is 281 g/mol. The molecule has 0 heterocycles. The van der Waals surface area contributed by atoms with E-state index in [0.29, 0.717) is 6.61 Å². The molecule has 116 valence electrons. The van der Waals surface area contributed by atoms with Gasteiger partial charge in [0, 0.05) is 19.8 Å². The zero-order chi connectivity index (χ0) is 13.8. The number of rotatable bonds is 9.